The minimum absolute atomic E-state index is 0.225. The van der Waals surface area contributed by atoms with Crippen LogP contribution >= 0.6 is 11.6 Å². The summed E-state index contributed by atoms with van der Waals surface area (Å²) in [5.41, 5.74) is -0.376. The maximum atomic E-state index is 12.1. The zero-order chi connectivity index (χ0) is 17.7. The molecule has 9 heteroatoms. The van der Waals surface area contributed by atoms with Gasteiger partial charge in [0.1, 0.15) is 5.56 Å². The van der Waals surface area contributed by atoms with Crippen LogP contribution in [0.5, 0.6) is 0 Å². The van der Waals surface area contributed by atoms with Gasteiger partial charge < -0.3 is 5.32 Å². The average Bonchev–Trinajstić information content (AvgIpc) is 2.54. The molecule has 0 aliphatic rings. The van der Waals surface area contributed by atoms with Gasteiger partial charge in [-0.3, -0.25) is 25.0 Å². The van der Waals surface area contributed by atoms with Crippen molar-refractivity contribution in [3.63, 3.8) is 0 Å². The number of carbonyl (C=O) groups is 1. The zero-order valence-electron chi connectivity index (χ0n) is 12.3. The van der Waals surface area contributed by atoms with Gasteiger partial charge >= 0.3 is 0 Å². The molecule has 0 radical (unpaired) electrons. The van der Waals surface area contributed by atoms with Gasteiger partial charge in [-0.05, 0) is 30.2 Å². The summed E-state index contributed by atoms with van der Waals surface area (Å²) in [6.07, 6.45) is 0.493. The Balaban J connectivity index is 2.09. The van der Waals surface area contributed by atoms with Crippen molar-refractivity contribution in [2.24, 2.45) is 0 Å². The van der Waals surface area contributed by atoms with Gasteiger partial charge in [-0.15, -0.1) is 0 Å². The van der Waals surface area contributed by atoms with Crippen LogP contribution in [0.25, 0.3) is 0 Å². The normalized spacial score (nSPS) is 10.2. The lowest BCUT2D eigenvalue weighted by atomic mass is 10.1. The first-order valence-electron chi connectivity index (χ1n) is 6.84. The van der Waals surface area contributed by atoms with Crippen molar-refractivity contribution >= 4 is 28.9 Å². The predicted octanol–water partition coefficient (Wildman–Crippen LogP) is 3.13. The molecule has 0 aliphatic carbocycles. The first-order valence-corrected chi connectivity index (χ1v) is 7.22. The molecule has 124 valence electrons. The molecule has 0 bridgehead atoms. The number of nitro benzene ring substituents is 2. The number of nitro groups is 2. The number of non-ortho nitro benzene ring substituents is 1. The molecule has 0 saturated carbocycles. The number of benzene rings is 2. The van der Waals surface area contributed by atoms with E-state index in [9.17, 15) is 25.0 Å². The first kappa shape index (κ1) is 17.4. The van der Waals surface area contributed by atoms with E-state index >= 15 is 0 Å². The third-order valence-electron chi connectivity index (χ3n) is 3.22. The second-order valence-electron chi connectivity index (χ2n) is 4.85. The van der Waals surface area contributed by atoms with Crippen LogP contribution in [0.15, 0.2) is 42.5 Å². The van der Waals surface area contributed by atoms with Crippen molar-refractivity contribution in [3.8, 4) is 0 Å². The molecule has 0 aliphatic heterocycles. The number of nitrogens with one attached hydrogen (secondary N) is 1. The van der Waals surface area contributed by atoms with E-state index in [-0.39, 0.29) is 12.1 Å². The third kappa shape index (κ3) is 4.26. The van der Waals surface area contributed by atoms with Crippen molar-refractivity contribution in [1.29, 1.82) is 0 Å². The maximum Gasteiger partial charge on any atom is 0.289 e. The van der Waals surface area contributed by atoms with E-state index in [1.54, 1.807) is 18.2 Å². The maximum absolute atomic E-state index is 12.1. The molecule has 1 amide bonds. The van der Waals surface area contributed by atoms with Gasteiger partial charge in [0.15, 0.2) is 0 Å². The molecule has 0 heterocycles. The molecule has 2 aromatic rings. The molecule has 1 N–H and O–H groups in total. The Labute approximate surface area is 141 Å². The number of halogens is 1. The number of hydrogen-bond donors (Lipinski definition) is 1. The minimum atomic E-state index is -0.821. The van der Waals surface area contributed by atoms with E-state index in [4.69, 9.17) is 11.6 Å². The SMILES string of the molecule is O=C(NCCc1cccc(Cl)c1)c1ccc([N+](=O)[O-])cc1[N+](=O)[O-]. The Morgan fingerprint density at radius 3 is 2.46 bits per heavy atom. The summed E-state index contributed by atoms with van der Waals surface area (Å²) >= 11 is 5.86. The quantitative estimate of drug-likeness (QED) is 0.635. The van der Waals surface area contributed by atoms with Crippen LogP contribution in [0.3, 0.4) is 0 Å². The Bertz CT molecular complexity index is 809. The van der Waals surface area contributed by atoms with Crippen LogP contribution in [0.4, 0.5) is 11.4 Å². The summed E-state index contributed by atoms with van der Waals surface area (Å²) in [5, 5.41) is 24.8. The second-order valence-corrected chi connectivity index (χ2v) is 5.29. The summed E-state index contributed by atoms with van der Waals surface area (Å²) in [6.45, 7) is 0.243. The van der Waals surface area contributed by atoms with Gasteiger partial charge in [0, 0.05) is 17.6 Å². The van der Waals surface area contributed by atoms with Crippen LogP contribution < -0.4 is 5.32 Å². The minimum Gasteiger partial charge on any atom is -0.351 e. The number of nitrogens with zero attached hydrogens (tertiary/aromatic N) is 2. The summed E-state index contributed by atoms with van der Waals surface area (Å²) in [5.74, 6) is -0.668. The van der Waals surface area contributed by atoms with Gasteiger partial charge in [0.05, 0.1) is 15.9 Å². The molecule has 2 rings (SSSR count). The van der Waals surface area contributed by atoms with Crippen molar-refractivity contribution in [1.82, 2.24) is 5.32 Å². The average molecular weight is 350 g/mol. The molecule has 0 atom stereocenters. The molecule has 0 aromatic heterocycles. The first-order chi connectivity index (χ1) is 11.4. The summed E-state index contributed by atoms with van der Waals surface area (Å²) in [7, 11) is 0. The van der Waals surface area contributed by atoms with Crippen molar-refractivity contribution < 1.29 is 14.6 Å². The molecular formula is C15H12ClN3O5. The Morgan fingerprint density at radius 2 is 1.83 bits per heavy atom. The predicted molar refractivity (Wildman–Crippen MR) is 87.2 cm³/mol. The van der Waals surface area contributed by atoms with E-state index in [0.717, 1.165) is 23.8 Å². The molecule has 0 unspecified atom stereocenters. The highest BCUT2D eigenvalue weighted by Crippen LogP contribution is 2.24. The van der Waals surface area contributed by atoms with Crippen molar-refractivity contribution in [2.45, 2.75) is 6.42 Å². The van der Waals surface area contributed by atoms with E-state index in [2.05, 4.69) is 5.32 Å². The van der Waals surface area contributed by atoms with E-state index < -0.39 is 27.1 Å². The Kier molecular flexibility index (Phi) is 5.43. The molecule has 2 aromatic carbocycles. The van der Waals surface area contributed by atoms with Crippen LogP contribution in [0.1, 0.15) is 15.9 Å². The van der Waals surface area contributed by atoms with E-state index in [1.807, 2.05) is 6.07 Å². The molecule has 0 saturated heterocycles. The summed E-state index contributed by atoms with van der Waals surface area (Å²) < 4.78 is 0. The third-order valence-corrected chi connectivity index (χ3v) is 3.46. The molecule has 0 spiro atoms. The lowest BCUT2D eigenvalue weighted by Gasteiger charge is -2.06. The molecule has 24 heavy (non-hydrogen) atoms. The Morgan fingerprint density at radius 1 is 1.08 bits per heavy atom. The van der Waals surface area contributed by atoms with Crippen molar-refractivity contribution in [3.05, 3.63) is 78.8 Å². The van der Waals surface area contributed by atoms with Gasteiger partial charge in [-0.1, -0.05) is 23.7 Å². The number of amides is 1. The van der Waals surface area contributed by atoms with Crippen LogP contribution in [-0.4, -0.2) is 22.3 Å². The Hall–Kier alpha value is -3.00. The number of hydrogen-bond acceptors (Lipinski definition) is 5. The summed E-state index contributed by atoms with van der Waals surface area (Å²) in [6, 6.07) is 9.99. The van der Waals surface area contributed by atoms with Crippen LogP contribution in [0.2, 0.25) is 5.02 Å². The number of rotatable bonds is 6. The molecular weight excluding hydrogens is 338 g/mol. The standard InChI is InChI=1S/C15H12ClN3O5/c16-11-3-1-2-10(8-11)6-7-17-15(20)13-5-4-12(18(21)22)9-14(13)19(23)24/h1-5,8-9H,6-7H2,(H,17,20). The fourth-order valence-electron chi connectivity index (χ4n) is 2.08. The highest BCUT2D eigenvalue weighted by Gasteiger charge is 2.23. The van der Waals surface area contributed by atoms with Crippen molar-refractivity contribution in [2.75, 3.05) is 6.54 Å². The highest BCUT2D eigenvalue weighted by molar-refractivity contribution is 6.30. The van der Waals surface area contributed by atoms with E-state index in [1.165, 1.54) is 0 Å². The monoisotopic (exact) mass is 349 g/mol. The fraction of sp³-hybridized carbons (Fsp3) is 0.133. The highest BCUT2D eigenvalue weighted by atomic mass is 35.5. The van der Waals surface area contributed by atoms with Gasteiger partial charge in [0.2, 0.25) is 0 Å². The largest absolute Gasteiger partial charge is 0.351 e. The summed E-state index contributed by atoms with van der Waals surface area (Å²) in [4.78, 5) is 32.2. The number of carbonyl (C=O) groups excluding carboxylic acids is 1. The smallest absolute Gasteiger partial charge is 0.289 e. The fourth-order valence-corrected chi connectivity index (χ4v) is 2.30. The van der Waals surface area contributed by atoms with Gasteiger partial charge in [0.25, 0.3) is 17.3 Å². The van der Waals surface area contributed by atoms with E-state index in [0.29, 0.717) is 11.4 Å². The van der Waals surface area contributed by atoms with Crippen LogP contribution in [0, 0.1) is 20.2 Å². The molecule has 8 nitrogen and oxygen atoms in total. The van der Waals surface area contributed by atoms with Gasteiger partial charge in [-0.2, -0.15) is 0 Å². The molecule has 0 fully saturated rings. The topological polar surface area (TPSA) is 115 Å². The lowest BCUT2D eigenvalue weighted by molar-refractivity contribution is -0.394. The van der Waals surface area contributed by atoms with Gasteiger partial charge in [-0.25, -0.2) is 0 Å². The second kappa shape index (κ2) is 7.51. The zero-order valence-corrected chi connectivity index (χ0v) is 13.0. The van der Waals surface area contributed by atoms with Crippen LogP contribution in [-0.2, 0) is 6.42 Å². The lowest BCUT2D eigenvalue weighted by Crippen LogP contribution is -2.26.